The lowest BCUT2D eigenvalue weighted by Crippen LogP contribution is -2.40. The molecule has 2 aliphatic rings. The van der Waals surface area contributed by atoms with Gasteiger partial charge in [0.1, 0.15) is 0 Å². The van der Waals surface area contributed by atoms with Crippen LogP contribution >= 0.6 is 0 Å². The van der Waals surface area contributed by atoms with Gasteiger partial charge in [0.2, 0.25) is 5.91 Å². The summed E-state index contributed by atoms with van der Waals surface area (Å²) < 4.78 is 5.18. The first-order valence-corrected chi connectivity index (χ1v) is 11.6. The highest BCUT2D eigenvalue weighted by Crippen LogP contribution is 2.27. The summed E-state index contributed by atoms with van der Waals surface area (Å²) in [6, 6.07) is 15.0. The molecule has 3 heterocycles. The molecule has 0 unspecified atom stereocenters. The van der Waals surface area contributed by atoms with E-state index in [9.17, 15) is 9.59 Å². The Balaban J connectivity index is 0.000000157. The fourth-order valence-electron chi connectivity index (χ4n) is 4.48. The first-order valence-electron chi connectivity index (χ1n) is 11.6. The van der Waals surface area contributed by atoms with Crippen LogP contribution in [0, 0.1) is 0 Å². The number of benzene rings is 2. The second-order valence-corrected chi connectivity index (χ2v) is 8.50. The molecule has 0 spiro atoms. The number of fused-ring (bicyclic) bond motifs is 3. The third kappa shape index (κ3) is 5.43. The van der Waals surface area contributed by atoms with Crippen LogP contribution in [0.4, 0.5) is 0 Å². The lowest BCUT2D eigenvalue weighted by molar-refractivity contribution is 0.0303. The van der Waals surface area contributed by atoms with Crippen LogP contribution in [-0.4, -0.2) is 66.0 Å². The van der Waals surface area contributed by atoms with Gasteiger partial charge in [-0.25, -0.2) is 0 Å². The average Bonchev–Trinajstić information content (AvgIpc) is 3.22. The van der Waals surface area contributed by atoms with Crippen molar-refractivity contribution in [3.05, 3.63) is 70.9 Å². The van der Waals surface area contributed by atoms with Crippen molar-refractivity contribution in [1.82, 2.24) is 14.8 Å². The fraction of sp³-hybridized carbons (Fsp3) is 0.385. The molecule has 7 heteroatoms. The van der Waals surface area contributed by atoms with E-state index in [2.05, 4.69) is 41.1 Å². The van der Waals surface area contributed by atoms with Gasteiger partial charge in [-0.2, -0.15) is 0 Å². The summed E-state index contributed by atoms with van der Waals surface area (Å²) in [6.07, 6.45) is 2.44. The number of amides is 2. The van der Waals surface area contributed by atoms with E-state index in [1.54, 1.807) is 34.7 Å². The monoisotopic (exact) mass is 448 g/mol. The van der Waals surface area contributed by atoms with Gasteiger partial charge in [-0.3, -0.25) is 14.5 Å². The summed E-state index contributed by atoms with van der Waals surface area (Å²) >= 11 is 0. The normalized spacial score (nSPS) is 16.1. The van der Waals surface area contributed by atoms with Crippen LogP contribution in [0.2, 0.25) is 0 Å². The van der Waals surface area contributed by atoms with Gasteiger partial charge < -0.3 is 20.4 Å². The number of H-pyrrole nitrogens is 1. The SMILES string of the molecule is CCCN1CCc2c([nH]c3ccccc23)C1.NC(=O)c1ccc(C(=O)N2CCOCC2)cc1. The number of nitrogens with one attached hydrogen (secondary N) is 1. The van der Waals surface area contributed by atoms with Crippen LogP contribution in [0.25, 0.3) is 10.9 Å². The van der Waals surface area contributed by atoms with Crippen molar-refractivity contribution in [1.29, 1.82) is 0 Å². The van der Waals surface area contributed by atoms with Crippen LogP contribution in [0.5, 0.6) is 0 Å². The molecule has 3 N–H and O–H groups in total. The van der Waals surface area contributed by atoms with E-state index in [-0.39, 0.29) is 5.91 Å². The topological polar surface area (TPSA) is 91.7 Å². The first kappa shape index (κ1) is 23.0. The van der Waals surface area contributed by atoms with Crippen LogP contribution < -0.4 is 5.73 Å². The number of ether oxygens (including phenoxy) is 1. The molecule has 1 fully saturated rings. The summed E-state index contributed by atoms with van der Waals surface area (Å²) in [6.45, 7) is 8.14. The zero-order valence-corrected chi connectivity index (χ0v) is 19.2. The number of morpholine rings is 1. The molecule has 1 saturated heterocycles. The fourth-order valence-corrected chi connectivity index (χ4v) is 4.48. The van der Waals surface area contributed by atoms with Gasteiger partial charge in [-0.05, 0) is 55.3 Å². The van der Waals surface area contributed by atoms with Crippen LogP contribution in [-0.2, 0) is 17.7 Å². The molecule has 2 aromatic carbocycles. The molecular weight excluding hydrogens is 416 g/mol. The molecule has 5 rings (SSSR count). The third-order valence-corrected chi connectivity index (χ3v) is 6.22. The Hall–Kier alpha value is -3.16. The van der Waals surface area contributed by atoms with Crippen molar-refractivity contribution in [3.8, 4) is 0 Å². The van der Waals surface area contributed by atoms with Crippen molar-refractivity contribution >= 4 is 22.7 Å². The van der Waals surface area contributed by atoms with Gasteiger partial charge in [0, 0.05) is 53.9 Å². The molecule has 7 nitrogen and oxygen atoms in total. The Bertz CT molecular complexity index is 1100. The Kier molecular flexibility index (Phi) is 7.42. The number of carbonyl (C=O) groups excluding carboxylic acids is 2. The zero-order valence-electron chi connectivity index (χ0n) is 19.2. The molecule has 0 atom stereocenters. The molecule has 3 aromatic rings. The van der Waals surface area contributed by atoms with Gasteiger partial charge >= 0.3 is 0 Å². The van der Waals surface area contributed by atoms with Crippen molar-refractivity contribution in [3.63, 3.8) is 0 Å². The minimum absolute atomic E-state index is 0.0377. The maximum atomic E-state index is 12.0. The van der Waals surface area contributed by atoms with Gasteiger partial charge in [-0.15, -0.1) is 0 Å². The van der Waals surface area contributed by atoms with Crippen molar-refractivity contribution < 1.29 is 14.3 Å². The third-order valence-electron chi connectivity index (χ3n) is 6.22. The number of para-hydroxylation sites is 1. The zero-order chi connectivity index (χ0) is 23.2. The number of primary amides is 1. The minimum atomic E-state index is -0.490. The summed E-state index contributed by atoms with van der Waals surface area (Å²) in [5.74, 6) is -0.528. The van der Waals surface area contributed by atoms with E-state index in [0.717, 1.165) is 6.54 Å². The van der Waals surface area contributed by atoms with E-state index in [1.807, 2.05) is 0 Å². The molecule has 0 radical (unpaired) electrons. The molecule has 0 bridgehead atoms. The van der Waals surface area contributed by atoms with Crippen molar-refractivity contribution in [2.45, 2.75) is 26.3 Å². The van der Waals surface area contributed by atoms with Crippen molar-refractivity contribution in [2.24, 2.45) is 5.73 Å². The van der Waals surface area contributed by atoms with E-state index < -0.39 is 5.91 Å². The van der Waals surface area contributed by atoms with Crippen LogP contribution in [0.15, 0.2) is 48.5 Å². The molecule has 33 heavy (non-hydrogen) atoms. The number of hydrogen-bond donors (Lipinski definition) is 2. The number of aromatic amines is 1. The molecule has 174 valence electrons. The Morgan fingerprint density at radius 3 is 2.39 bits per heavy atom. The smallest absolute Gasteiger partial charge is 0.254 e. The van der Waals surface area contributed by atoms with E-state index in [4.69, 9.17) is 10.5 Å². The summed E-state index contributed by atoms with van der Waals surface area (Å²) in [7, 11) is 0. The van der Waals surface area contributed by atoms with E-state index in [1.165, 1.54) is 42.5 Å². The van der Waals surface area contributed by atoms with Crippen molar-refractivity contribution in [2.75, 3.05) is 39.4 Å². The molecule has 2 aliphatic heterocycles. The van der Waals surface area contributed by atoms with Crippen LogP contribution in [0.1, 0.15) is 45.3 Å². The predicted molar refractivity (Wildman–Crippen MR) is 129 cm³/mol. The van der Waals surface area contributed by atoms with Gasteiger partial charge in [-0.1, -0.05) is 25.1 Å². The van der Waals surface area contributed by atoms with Crippen LogP contribution in [0.3, 0.4) is 0 Å². The van der Waals surface area contributed by atoms with E-state index >= 15 is 0 Å². The largest absolute Gasteiger partial charge is 0.378 e. The molecule has 1 aromatic heterocycles. The van der Waals surface area contributed by atoms with Gasteiger partial charge in [0.15, 0.2) is 0 Å². The Labute approximate surface area is 194 Å². The highest BCUT2D eigenvalue weighted by Gasteiger charge is 2.20. The number of hydrogen-bond acceptors (Lipinski definition) is 4. The summed E-state index contributed by atoms with van der Waals surface area (Å²) in [4.78, 5) is 30.8. The first-order chi connectivity index (χ1) is 16.1. The summed E-state index contributed by atoms with van der Waals surface area (Å²) in [5.41, 5.74) is 10.4. The predicted octanol–water partition coefficient (Wildman–Crippen LogP) is 3.19. The van der Waals surface area contributed by atoms with Gasteiger partial charge in [0.05, 0.1) is 13.2 Å². The Morgan fingerprint density at radius 2 is 1.70 bits per heavy atom. The summed E-state index contributed by atoms with van der Waals surface area (Å²) in [5, 5.41) is 1.42. The molecule has 2 amide bonds. The Morgan fingerprint density at radius 1 is 1.00 bits per heavy atom. The number of aromatic nitrogens is 1. The second kappa shape index (κ2) is 10.6. The second-order valence-electron chi connectivity index (χ2n) is 8.50. The average molecular weight is 449 g/mol. The number of carbonyl (C=O) groups is 2. The molecule has 0 aliphatic carbocycles. The maximum absolute atomic E-state index is 12.0. The number of nitrogens with two attached hydrogens (primary N) is 1. The molecule has 0 saturated carbocycles. The standard InChI is InChI=1S/C14H18N2.C12H14N2O3/c1-2-8-16-9-7-12-11-5-3-4-6-13(11)15-14(12)10-16;13-11(15)9-1-3-10(4-2-9)12(16)14-5-7-17-8-6-14/h3-6,15H,2,7-10H2,1H3;1-4H,5-8H2,(H2,13,15). The highest BCUT2D eigenvalue weighted by atomic mass is 16.5. The maximum Gasteiger partial charge on any atom is 0.254 e. The van der Waals surface area contributed by atoms with E-state index in [0.29, 0.717) is 37.4 Å². The molecular formula is C26H32N4O3. The highest BCUT2D eigenvalue weighted by molar-refractivity contribution is 5.97. The number of rotatable bonds is 4. The lowest BCUT2D eigenvalue weighted by Gasteiger charge is -2.26. The number of nitrogens with zero attached hydrogens (tertiary/aromatic N) is 2. The van der Waals surface area contributed by atoms with Gasteiger partial charge in [0.25, 0.3) is 5.91 Å². The lowest BCUT2D eigenvalue weighted by atomic mass is 10.0. The quantitative estimate of drug-likeness (QED) is 0.641. The minimum Gasteiger partial charge on any atom is -0.378 e.